The number of rotatable bonds is 2. The molecule has 1 nitrogen and oxygen atoms in total. The lowest BCUT2D eigenvalue weighted by Crippen LogP contribution is -1.92. The molecule has 1 aromatic rings. The summed E-state index contributed by atoms with van der Waals surface area (Å²) in [6.07, 6.45) is 0.358. The van der Waals surface area contributed by atoms with Gasteiger partial charge in [-0.05, 0) is 24.1 Å². The topological polar surface area (TPSA) is 20.2 Å². The van der Waals surface area contributed by atoms with E-state index in [1.165, 1.54) is 6.07 Å². The third-order valence-electron chi connectivity index (χ3n) is 1.38. The standard InChI is InChI=1S/C8H8F2O/c9-7-2-1-6(3-4-11)5-8(7)10/h1-2,5,11H,3-4H2. The molecule has 1 aromatic carbocycles. The predicted octanol–water partition coefficient (Wildman–Crippen LogP) is 1.50. The Morgan fingerprint density at radius 2 is 1.91 bits per heavy atom. The zero-order valence-electron chi connectivity index (χ0n) is 5.85. The lowest BCUT2D eigenvalue weighted by atomic mass is 10.1. The molecule has 0 bridgehead atoms. The summed E-state index contributed by atoms with van der Waals surface area (Å²) < 4.78 is 24.7. The fraction of sp³-hybridized carbons (Fsp3) is 0.250. The molecule has 0 amide bonds. The van der Waals surface area contributed by atoms with Crippen LogP contribution < -0.4 is 0 Å². The Labute approximate surface area is 63.3 Å². The van der Waals surface area contributed by atoms with Crippen molar-refractivity contribution in [1.82, 2.24) is 0 Å². The minimum Gasteiger partial charge on any atom is -0.396 e. The van der Waals surface area contributed by atoms with Crippen LogP contribution in [0.2, 0.25) is 0 Å². The van der Waals surface area contributed by atoms with Crippen LogP contribution in [0.3, 0.4) is 0 Å². The fourth-order valence-corrected chi connectivity index (χ4v) is 0.824. The van der Waals surface area contributed by atoms with Gasteiger partial charge in [0.25, 0.3) is 0 Å². The Kier molecular flexibility index (Phi) is 2.54. The molecule has 3 heteroatoms. The molecule has 0 atom stereocenters. The minimum absolute atomic E-state index is 0.0505. The zero-order chi connectivity index (χ0) is 8.27. The van der Waals surface area contributed by atoms with Gasteiger partial charge in [-0.1, -0.05) is 6.07 Å². The second-order valence-electron chi connectivity index (χ2n) is 2.22. The van der Waals surface area contributed by atoms with E-state index in [1.54, 1.807) is 0 Å². The second kappa shape index (κ2) is 3.44. The largest absolute Gasteiger partial charge is 0.396 e. The number of hydrogen-bond acceptors (Lipinski definition) is 1. The van der Waals surface area contributed by atoms with Crippen molar-refractivity contribution in [3.05, 3.63) is 35.4 Å². The van der Waals surface area contributed by atoms with Gasteiger partial charge in [0.1, 0.15) is 0 Å². The highest BCUT2D eigenvalue weighted by Gasteiger charge is 2.00. The molecule has 0 aliphatic rings. The molecule has 1 N–H and O–H groups in total. The van der Waals surface area contributed by atoms with Gasteiger partial charge in [0.15, 0.2) is 11.6 Å². The van der Waals surface area contributed by atoms with Gasteiger partial charge < -0.3 is 5.11 Å². The molecule has 0 radical (unpaired) electrons. The van der Waals surface area contributed by atoms with Crippen LogP contribution in [0.1, 0.15) is 5.56 Å². The highest BCUT2D eigenvalue weighted by molar-refractivity contribution is 5.17. The minimum atomic E-state index is -0.865. The highest BCUT2D eigenvalue weighted by Crippen LogP contribution is 2.08. The maximum Gasteiger partial charge on any atom is 0.159 e. The Bertz CT molecular complexity index is 248. The maximum atomic E-state index is 12.4. The first-order valence-electron chi connectivity index (χ1n) is 3.29. The first-order chi connectivity index (χ1) is 5.24. The van der Waals surface area contributed by atoms with E-state index >= 15 is 0 Å². The number of halogens is 2. The zero-order valence-corrected chi connectivity index (χ0v) is 5.85. The maximum absolute atomic E-state index is 12.4. The molecule has 0 unspecified atom stereocenters. The van der Waals surface area contributed by atoms with Crippen LogP contribution in [-0.4, -0.2) is 11.7 Å². The van der Waals surface area contributed by atoms with Gasteiger partial charge in [0, 0.05) is 6.61 Å². The normalized spacial score (nSPS) is 10.1. The lowest BCUT2D eigenvalue weighted by molar-refractivity contribution is 0.299. The summed E-state index contributed by atoms with van der Waals surface area (Å²) in [5.74, 6) is -1.72. The van der Waals surface area contributed by atoms with E-state index in [0.717, 1.165) is 12.1 Å². The van der Waals surface area contributed by atoms with Gasteiger partial charge in [0.05, 0.1) is 0 Å². The van der Waals surface area contributed by atoms with Crippen molar-refractivity contribution in [2.45, 2.75) is 6.42 Å². The molecular formula is C8H8F2O. The van der Waals surface area contributed by atoms with Gasteiger partial charge >= 0.3 is 0 Å². The Balaban J connectivity index is 2.86. The molecule has 0 saturated carbocycles. The number of aliphatic hydroxyl groups is 1. The van der Waals surface area contributed by atoms with Crippen LogP contribution >= 0.6 is 0 Å². The van der Waals surface area contributed by atoms with Crippen LogP contribution in [0.15, 0.2) is 18.2 Å². The second-order valence-corrected chi connectivity index (χ2v) is 2.22. The quantitative estimate of drug-likeness (QED) is 0.691. The molecule has 0 spiro atoms. The summed E-state index contributed by atoms with van der Waals surface area (Å²) in [5.41, 5.74) is 0.603. The van der Waals surface area contributed by atoms with Crippen molar-refractivity contribution in [3.63, 3.8) is 0 Å². The summed E-state index contributed by atoms with van der Waals surface area (Å²) in [6, 6.07) is 3.60. The summed E-state index contributed by atoms with van der Waals surface area (Å²) in [7, 11) is 0. The van der Waals surface area contributed by atoms with E-state index in [4.69, 9.17) is 5.11 Å². The highest BCUT2D eigenvalue weighted by atomic mass is 19.2. The van der Waals surface area contributed by atoms with Crippen LogP contribution in [-0.2, 0) is 6.42 Å². The summed E-state index contributed by atoms with van der Waals surface area (Å²) in [6.45, 7) is -0.0505. The van der Waals surface area contributed by atoms with Crippen LogP contribution in [0.5, 0.6) is 0 Å². The van der Waals surface area contributed by atoms with Gasteiger partial charge in [-0.2, -0.15) is 0 Å². The van der Waals surface area contributed by atoms with Gasteiger partial charge in [-0.25, -0.2) is 8.78 Å². The van der Waals surface area contributed by atoms with Crippen molar-refractivity contribution in [1.29, 1.82) is 0 Å². The monoisotopic (exact) mass is 158 g/mol. The van der Waals surface area contributed by atoms with Crippen LogP contribution in [0.25, 0.3) is 0 Å². The van der Waals surface area contributed by atoms with Crippen molar-refractivity contribution in [2.24, 2.45) is 0 Å². The van der Waals surface area contributed by atoms with Crippen molar-refractivity contribution in [3.8, 4) is 0 Å². The summed E-state index contributed by atoms with van der Waals surface area (Å²) in [4.78, 5) is 0. The fourth-order valence-electron chi connectivity index (χ4n) is 0.824. The SMILES string of the molecule is OCCc1ccc(F)c(F)c1. The average molecular weight is 158 g/mol. The van der Waals surface area contributed by atoms with E-state index in [1.807, 2.05) is 0 Å². The molecule has 11 heavy (non-hydrogen) atoms. The average Bonchev–Trinajstić information content (AvgIpc) is 1.98. The predicted molar refractivity (Wildman–Crippen MR) is 37.1 cm³/mol. The molecule has 0 fully saturated rings. The Hall–Kier alpha value is -0.960. The van der Waals surface area contributed by atoms with Crippen molar-refractivity contribution < 1.29 is 13.9 Å². The summed E-state index contributed by atoms with van der Waals surface area (Å²) >= 11 is 0. The number of benzene rings is 1. The van der Waals surface area contributed by atoms with E-state index in [2.05, 4.69) is 0 Å². The van der Waals surface area contributed by atoms with E-state index < -0.39 is 11.6 Å². The Morgan fingerprint density at radius 1 is 1.18 bits per heavy atom. The molecule has 60 valence electrons. The molecular weight excluding hydrogens is 150 g/mol. The number of hydrogen-bond donors (Lipinski definition) is 1. The molecule has 1 rings (SSSR count). The van der Waals surface area contributed by atoms with E-state index in [0.29, 0.717) is 12.0 Å². The third-order valence-corrected chi connectivity index (χ3v) is 1.38. The van der Waals surface area contributed by atoms with E-state index in [9.17, 15) is 8.78 Å². The third kappa shape index (κ3) is 1.98. The number of aliphatic hydroxyl groups excluding tert-OH is 1. The first kappa shape index (κ1) is 8.14. The lowest BCUT2D eigenvalue weighted by Gasteiger charge is -1.97. The van der Waals surface area contributed by atoms with Crippen molar-refractivity contribution in [2.75, 3.05) is 6.61 Å². The van der Waals surface area contributed by atoms with Gasteiger partial charge in [0.2, 0.25) is 0 Å². The molecule has 0 aliphatic carbocycles. The van der Waals surface area contributed by atoms with Gasteiger partial charge in [-0.15, -0.1) is 0 Å². The molecule has 0 aliphatic heterocycles. The molecule has 0 saturated heterocycles. The van der Waals surface area contributed by atoms with Crippen LogP contribution in [0.4, 0.5) is 8.78 Å². The first-order valence-corrected chi connectivity index (χ1v) is 3.29. The van der Waals surface area contributed by atoms with Crippen molar-refractivity contribution >= 4 is 0 Å². The smallest absolute Gasteiger partial charge is 0.159 e. The van der Waals surface area contributed by atoms with Crippen LogP contribution in [0, 0.1) is 11.6 Å². The molecule has 0 heterocycles. The molecule has 0 aromatic heterocycles. The Morgan fingerprint density at radius 3 is 2.45 bits per heavy atom. The van der Waals surface area contributed by atoms with E-state index in [-0.39, 0.29) is 6.61 Å². The van der Waals surface area contributed by atoms with Gasteiger partial charge in [-0.3, -0.25) is 0 Å². The summed E-state index contributed by atoms with van der Waals surface area (Å²) in [5, 5.41) is 8.46.